The van der Waals surface area contributed by atoms with Crippen molar-refractivity contribution in [3.8, 4) is 0 Å². The highest BCUT2D eigenvalue weighted by Crippen LogP contribution is 2.34. The van der Waals surface area contributed by atoms with Crippen LogP contribution in [-0.4, -0.2) is 35.5 Å². The summed E-state index contributed by atoms with van der Waals surface area (Å²) in [6, 6.07) is 10.6. The first kappa shape index (κ1) is 22.7. The average Bonchev–Trinajstić information content (AvgIpc) is 3.11. The van der Waals surface area contributed by atoms with Crippen molar-refractivity contribution in [1.29, 1.82) is 0 Å². The summed E-state index contributed by atoms with van der Waals surface area (Å²) in [6.07, 6.45) is 0.510. The van der Waals surface area contributed by atoms with E-state index in [1.54, 1.807) is 18.2 Å². The van der Waals surface area contributed by atoms with Gasteiger partial charge in [0.15, 0.2) is 0 Å². The zero-order valence-electron chi connectivity index (χ0n) is 15.8. The molecule has 1 aromatic heterocycles. The van der Waals surface area contributed by atoms with Crippen LogP contribution in [0.1, 0.15) is 12.5 Å². The van der Waals surface area contributed by atoms with E-state index in [1.165, 1.54) is 23.3 Å². The van der Waals surface area contributed by atoms with Crippen LogP contribution in [0.3, 0.4) is 0 Å². The molecule has 2 amide bonds. The summed E-state index contributed by atoms with van der Waals surface area (Å²) >= 11 is 19.4. The first-order valence-corrected chi connectivity index (χ1v) is 10.7. The lowest BCUT2D eigenvalue weighted by Gasteiger charge is -2.23. The predicted octanol–water partition coefficient (Wildman–Crippen LogP) is 4.70. The van der Waals surface area contributed by atoms with E-state index < -0.39 is 0 Å². The largest absolute Gasteiger partial charge is 0.276 e. The zero-order chi connectivity index (χ0) is 21.7. The lowest BCUT2D eigenvalue weighted by atomic mass is 10.2. The van der Waals surface area contributed by atoms with Gasteiger partial charge in [-0.25, -0.2) is 10.4 Å². The van der Waals surface area contributed by atoms with E-state index in [0.29, 0.717) is 38.7 Å². The van der Waals surface area contributed by atoms with E-state index in [0.717, 1.165) is 15.3 Å². The molecule has 0 radical (unpaired) electrons. The molecule has 158 valence electrons. The van der Waals surface area contributed by atoms with Crippen LogP contribution in [-0.2, 0) is 21.0 Å². The van der Waals surface area contributed by atoms with Crippen molar-refractivity contribution in [2.24, 2.45) is 0 Å². The Hall–Kier alpha value is -1.94. The number of hydrogen-bond acceptors (Lipinski definition) is 6. The highest BCUT2D eigenvalue weighted by atomic mass is 35.5. The van der Waals surface area contributed by atoms with Gasteiger partial charge in [-0.1, -0.05) is 64.3 Å². The number of nitrogens with one attached hydrogen (secondary N) is 1. The Labute approximate surface area is 192 Å². The molecule has 0 aliphatic heterocycles. The van der Waals surface area contributed by atoms with Gasteiger partial charge in [-0.2, -0.15) is 5.06 Å². The second-order valence-electron chi connectivity index (χ2n) is 6.09. The lowest BCUT2D eigenvalue weighted by Crippen LogP contribution is -2.44. The summed E-state index contributed by atoms with van der Waals surface area (Å²) < 4.78 is 0.765. The summed E-state index contributed by atoms with van der Waals surface area (Å²) in [7, 11) is 0. The van der Waals surface area contributed by atoms with E-state index in [-0.39, 0.29) is 19.1 Å². The van der Waals surface area contributed by atoms with Gasteiger partial charge in [0.05, 0.1) is 33.4 Å². The Morgan fingerprint density at radius 2 is 1.93 bits per heavy atom. The van der Waals surface area contributed by atoms with E-state index in [4.69, 9.17) is 39.6 Å². The first-order chi connectivity index (χ1) is 14.4. The summed E-state index contributed by atoms with van der Waals surface area (Å²) in [5, 5.41) is 4.12. The van der Waals surface area contributed by atoms with Gasteiger partial charge in [0.25, 0.3) is 0 Å². The van der Waals surface area contributed by atoms with E-state index in [2.05, 4.69) is 10.4 Å². The predicted molar refractivity (Wildman–Crippen MR) is 120 cm³/mol. The Bertz CT molecular complexity index is 1020. The fraction of sp³-hybridized carbons (Fsp3) is 0.211. The van der Waals surface area contributed by atoms with Crippen molar-refractivity contribution in [2.45, 2.75) is 13.5 Å². The van der Waals surface area contributed by atoms with Gasteiger partial charge in [0, 0.05) is 18.5 Å². The Morgan fingerprint density at radius 1 is 1.20 bits per heavy atom. The smallest absolute Gasteiger partial charge is 0.240 e. The number of hydrogen-bond donors (Lipinski definition) is 1. The molecule has 0 bridgehead atoms. The number of nitrogens with zero attached hydrogens (tertiary/aromatic N) is 3. The molecular formula is C19H17Cl3N4O3S. The number of carbonyl (C=O) groups excluding carboxylic acids is 2. The molecule has 0 aliphatic carbocycles. The molecule has 7 nitrogen and oxygen atoms in total. The van der Waals surface area contributed by atoms with Gasteiger partial charge in [-0.3, -0.25) is 19.4 Å². The maximum Gasteiger partial charge on any atom is 0.240 e. The van der Waals surface area contributed by atoms with Gasteiger partial charge in [-0.05, 0) is 23.8 Å². The minimum atomic E-state index is -0.201. The lowest BCUT2D eigenvalue weighted by molar-refractivity contribution is -0.133. The maximum absolute atomic E-state index is 11.9. The van der Waals surface area contributed by atoms with Crippen LogP contribution in [0.4, 0.5) is 5.13 Å². The number of anilines is 1. The maximum atomic E-state index is 11.9. The van der Waals surface area contributed by atoms with Gasteiger partial charge in [0.1, 0.15) is 0 Å². The average molecular weight is 488 g/mol. The molecule has 30 heavy (non-hydrogen) atoms. The third-order valence-electron chi connectivity index (χ3n) is 4.05. The summed E-state index contributed by atoms with van der Waals surface area (Å²) in [5.41, 5.74) is 4.47. The standard InChI is InChI=1S/C19H17Cl3N4O3S/c1-12(28)25(23-10-13-4-2-3-5-14(13)20)6-7-29-26(11-27)19-24-17-8-15(21)16(22)9-18(17)30-19/h2-5,8-9,11,23H,6-7,10H2,1H3. The van der Waals surface area contributed by atoms with E-state index in [9.17, 15) is 9.59 Å². The van der Waals surface area contributed by atoms with Gasteiger partial charge >= 0.3 is 0 Å². The molecule has 0 atom stereocenters. The fourth-order valence-electron chi connectivity index (χ4n) is 2.54. The second kappa shape index (κ2) is 10.4. The minimum Gasteiger partial charge on any atom is -0.276 e. The van der Waals surface area contributed by atoms with Crippen molar-refractivity contribution in [2.75, 3.05) is 18.2 Å². The van der Waals surface area contributed by atoms with Gasteiger partial charge in [-0.15, -0.1) is 0 Å². The van der Waals surface area contributed by atoms with Crippen LogP contribution in [0.15, 0.2) is 36.4 Å². The van der Waals surface area contributed by atoms with Crippen molar-refractivity contribution in [1.82, 2.24) is 15.4 Å². The van der Waals surface area contributed by atoms with Crippen LogP contribution >= 0.6 is 46.1 Å². The molecular weight excluding hydrogens is 471 g/mol. The van der Waals surface area contributed by atoms with Crippen molar-refractivity contribution in [3.05, 3.63) is 57.0 Å². The molecule has 11 heteroatoms. The molecule has 0 unspecified atom stereocenters. The molecule has 0 aliphatic rings. The number of thiazole rings is 1. The number of hydroxylamine groups is 1. The molecule has 1 heterocycles. The molecule has 2 aromatic carbocycles. The molecule has 0 saturated carbocycles. The van der Waals surface area contributed by atoms with Gasteiger partial charge in [0.2, 0.25) is 17.4 Å². The van der Waals surface area contributed by atoms with Gasteiger partial charge < -0.3 is 0 Å². The second-order valence-corrected chi connectivity index (χ2v) is 8.32. The third kappa shape index (κ3) is 5.60. The monoisotopic (exact) mass is 486 g/mol. The SMILES string of the molecule is CC(=O)N(CCON(C=O)c1nc2cc(Cl)c(Cl)cc2s1)NCc1ccccc1Cl. The van der Waals surface area contributed by atoms with Crippen molar-refractivity contribution < 1.29 is 14.4 Å². The quantitative estimate of drug-likeness (QED) is 0.350. The summed E-state index contributed by atoms with van der Waals surface area (Å²) in [4.78, 5) is 33.2. The number of benzene rings is 2. The summed E-state index contributed by atoms with van der Waals surface area (Å²) in [5.74, 6) is -0.201. The van der Waals surface area contributed by atoms with E-state index in [1.807, 2.05) is 18.2 Å². The first-order valence-electron chi connectivity index (χ1n) is 8.77. The molecule has 3 rings (SSSR count). The number of carbonyl (C=O) groups is 2. The number of aromatic nitrogens is 1. The van der Waals surface area contributed by atoms with Crippen LogP contribution in [0.2, 0.25) is 15.1 Å². The molecule has 0 saturated heterocycles. The van der Waals surface area contributed by atoms with Crippen molar-refractivity contribution in [3.63, 3.8) is 0 Å². The van der Waals surface area contributed by atoms with Crippen LogP contribution in [0.5, 0.6) is 0 Å². The van der Waals surface area contributed by atoms with E-state index >= 15 is 0 Å². The highest BCUT2D eigenvalue weighted by molar-refractivity contribution is 7.22. The fourth-order valence-corrected chi connectivity index (χ4v) is 4.04. The van der Waals surface area contributed by atoms with Crippen LogP contribution in [0.25, 0.3) is 10.2 Å². The number of amides is 2. The topological polar surface area (TPSA) is 74.8 Å². The Balaban J connectivity index is 1.60. The number of halogens is 3. The molecule has 0 fully saturated rings. The third-order valence-corrected chi connectivity index (χ3v) is 6.14. The normalized spacial score (nSPS) is 10.9. The molecule has 1 N–H and O–H groups in total. The molecule has 3 aromatic rings. The van der Waals surface area contributed by atoms with Crippen LogP contribution in [0, 0.1) is 0 Å². The zero-order valence-corrected chi connectivity index (χ0v) is 18.9. The Morgan fingerprint density at radius 3 is 2.63 bits per heavy atom. The number of fused-ring (bicyclic) bond motifs is 1. The number of rotatable bonds is 9. The Kier molecular flexibility index (Phi) is 7.87. The van der Waals surface area contributed by atoms with Crippen molar-refractivity contribution >= 4 is 73.8 Å². The minimum absolute atomic E-state index is 0.0608. The van der Waals surface area contributed by atoms with Crippen LogP contribution < -0.4 is 10.5 Å². The molecule has 0 spiro atoms. The number of hydrazine groups is 1. The summed E-state index contributed by atoms with van der Waals surface area (Å²) in [6.45, 7) is 2.06. The highest BCUT2D eigenvalue weighted by Gasteiger charge is 2.16.